The van der Waals surface area contributed by atoms with Crippen molar-refractivity contribution in [2.75, 3.05) is 0 Å². The molecule has 142 valence electrons. The topological polar surface area (TPSA) is 34.9 Å². The Morgan fingerprint density at radius 1 is 1.04 bits per heavy atom. The van der Waals surface area contributed by atoms with Crippen LogP contribution in [0, 0.1) is 5.82 Å². The summed E-state index contributed by atoms with van der Waals surface area (Å²) in [5.41, 5.74) is -0.0265. The molecule has 0 atom stereocenters. The van der Waals surface area contributed by atoms with Crippen molar-refractivity contribution < 1.29 is 17.6 Å². The van der Waals surface area contributed by atoms with Crippen molar-refractivity contribution in [1.29, 1.82) is 0 Å². The van der Waals surface area contributed by atoms with Crippen LogP contribution in [-0.2, 0) is 12.7 Å². The van der Waals surface area contributed by atoms with Crippen LogP contribution in [0.15, 0.2) is 65.0 Å². The van der Waals surface area contributed by atoms with Crippen molar-refractivity contribution in [1.82, 2.24) is 9.55 Å². The number of benzene rings is 2. The molecule has 0 bridgehead atoms. The van der Waals surface area contributed by atoms with E-state index < -0.39 is 23.1 Å². The number of nitrogens with zero attached hydrogens (tertiary/aromatic N) is 2. The molecule has 0 saturated carbocycles. The quantitative estimate of drug-likeness (QED) is 0.433. The Labute approximate surface area is 160 Å². The van der Waals surface area contributed by atoms with E-state index in [9.17, 15) is 22.4 Å². The summed E-state index contributed by atoms with van der Waals surface area (Å²) >= 11 is 1.25. The van der Waals surface area contributed by atoms with Gasteiger partial charge in [-0.3, -0.25) is 9.36 Å². The monoisotopic (exact) mass is 404 g/mol. The second kappa shape index (κ2) is 6.87. The average Bonchev–Trinajstić information content (AvgIpc) is 3.09. The summed E-state index contributed by atoms with van der Waals surface area (Å²) in [5.74, 6) is -0.400. The number of aromatic nitrogens is 2. The molecular formula is C20H12F4N2OS. The normalized spacial score (nSPS) is 11.9. The van der Waals surface area contributed by atoms with Crippen LogP contribution >= 0.6 is 11.3 Å². The molecule has 8 heteroatoms. The summed E-state index contributed by atoms with van der Waals surface area (Å²) in [4.78, 5) is 17.7. The molecule has 0 fully saturated rings. The van der Waals surface area contributed by atoms with E-state index in [1.54, 1.807) is 17.5 Å². The van der Waals surface area contributed by atoms with Crippen LogP contribution in [-0.4, -0.2) is 9.55 Å². The van der Waals surface area contributed by atoms with Gasteiger partial charge in [0.1, 0.15) is 10.6 Å². The summed E-state index contributed by atoms with van der Waals surface area (Å²) in [6.45, 7) is -0.254. The van der Waals surface area contributed by atoms with E-state index in [1.807, 2.05) is 0 Å². The third-order valence-corrected chi connectivity index (χ3v) is 5.27. The lowest BCUT2D eigenvalue weighted by Gasteiger charge is -2.13. The fourth-order valence-electron chi connectivity index (χ4n) is 3.04. The lowest BCUT2D eigenvalue weighted by Crippen LogP contribution is -2.22. The molecule has 0 amide bonds. The van der Waals surface area contributed by atoms with Gasteiger partial charge < -0.3 is 0 Å². The van der Waals surface area contributed by atoms with Crippen LogP contribution in [0.1, 0.15) is 11.1 Å². The lowest BCUT2D eigenvalue weighted by molar-refractivity contribution is -0.138. The number of rotatable bonds is 3. The van der Waals surface area contributed by atoms with Crippen molar-refractivity contribution in [3.05, 3.63) is 87.5 Å². The predicted molar refractivity (Wildman–Crippen MR) is 99.8 cm³/mol. The van der Waals surface area contributed by atoms with Gasteiger partial charge in [-0.2, -0.15) is 13.2 Å². The second-order valence-corrected chi connectivity index (χ2v) is 7.03. The van der Waals surface area contributed by atoms with Crippen LogP contribution in [0.3, 0.4) is 0 Å². The minimum absolute atomic E-state index is 0.0168. The van der Waals surface area contributed by atoms with Crippen molar-refractivity contribution in [3.8, 4) is 11.1 Å². The molecule has 28 heavy (non-hydrogen) atoms. The molecule has 0 saturated heterocycles. The van der Waals surface area contributed by atoms with E-state index in [1.165, 1.54) is 48.0 Å². The van der Waals surface area contributed by atoms with Gasteiger partial charge in [0.2, 0.25) is 0 Å². The first-order valence-electron chi connectivity index (χ1n) is 8.22. The van der Waals surface area contributed by atoms with Gasteiger partial charge in [-0.25, -0.2) is 9.37 Å². The molecule has 2 heterocycles. The molecule has 3 nitrogen and oxygen atoms in total. The van der Waals surface area contributed by atoms with Crippen molar-refractivity contribution in [2.45, 2.75) is 12.7 Å². The third kappa shape index (κ3) is 3.31. The number of hydrogen-bond acceptors (Lipinski definition) is 3. The molecular weight excluding hydrogens is 392 g/mol. The van der Waals surface area contributed by atoms with Crippen LogP contribution < -0.4 is 5.56 Å². The maximum Gasteiger partial charge on any atom is 0.416 e. The Kier molecular flexibility index (Phi) is 4.50. The lowest BCUT2D eigenvalue weighted by atomic mass is 10.1. The molecule has 2 aromatic carbocycles. The summed E-state index contributed by atoms with van der Waals surface area (Å²) in [6.07, 6.45) is -3.26. The second-order valence-electron chi connectivity index (χ2n) is 6.17. The minimum atomic E-state index is -4.51. The molecule has 0 aliphatic heterocycles. The van der Waals surface area contributed by atoms with E-state index in [4.69, 9.17) is 0 Å². The van der Waals surface area contributed by atoms with Crippen LogP contribution in [0.5, 0.6) is 0 Å². The van der Waals surface area contributed by atoms with Gasteiger partial charge in [0.25, 0.3) is 5.56 Å². The highest BCUT2D eigenvalue weighted by Crippen LogP contribution is 2.33. The number of hydrogen-bond donors (Lipinski definition) is 0. The van der Waals surface area contributed by atoms with Gasteiger partial charge in [-0.15, -0.1) is 11.3 Å². The predicted octanol–water partition coefficient (Wildman–Crippen LogP) is 5.33. The van der Waals surface area contributed by atoms with Gasteiger partial charge in [-0.05, 0) is 29.3 Å². The molecule has 0 spiro atoms. The summed E-state index contributed by atoms with van der Waals surface area (Å²) in [5, 5.41) is 2.05. The zero-order valence-corrected chi connectivity index (χ0v) is 15.0. The van der Waals surface area contributed by atoms with Crippen LogP contribution in [0.2, 0.25) is 0 Å². The van der Waals surface area contributed by atoms with Gasteiger partial charge >= 0.3 is 6.18 Å². The van der Waals surface area contributed by atoms with Gasteiger partial charge in [0, 0.05) is 10.9 Å². The summed E-state index contributed by atoms with van der Waals surface area (Å²) < 4.78 is 54.1. The molecule has 0 aliphatic rings. The molecule has 0 N–H and O–H groups in total. The molecule has 4 aromatic rings. The largest absolute Gasteiger partial charge is 0.416 e. The fourth-order valence-corrected chi connectivity index (χ4v) is 3.95. The first kappa shape index (κ1) is 18.4. The first-order chi connectivity index (χ1) is 13.3. The Hall–Kier alpha value is -3.00. The van der Waals surface area contributed by atoms with Gasteiger partial charge in [-0.1, -0.05) is 30.3 Å². The highest BCUT2D eigenvalue weighted by molar-refractivity contribution is 7.17. The van der Waals surface area contributed by atoms with Gasteiger partial charge in [0.15, 0.2) is 0 Å². The number of halogens is 4. The number of thiophene rings is 1. The maximum atomic E-state index is 13.2. The van der Waals surface area contributed by atoms with Crippen molar-refractivity contribution in [2.24, 2.45) is 0 Å². The molecule has 0 aliphatic carbocycles. The molecule has 2 aromatic heterocycles. The average molecular weight is 404 g/mol. The highest BCUT2D eigenvalue weighted by atomic mass is 32.1. The number of fused-ring (bicyclic) bond motifs is 1. The third-order valence-electron chi connectivity index (χ3n) is 4.38. The SMILES string of the molecule is O=c1c2c(-c3ccc(F)cc3)csc2ncn1Cc1ccccc1C(F)(F)F. The zero-order chi connectivity index (χ0) is 19.9. The Morgan fingerprint density at radius 2 is 1.75 bits per heavy atom. The minimum Gasteiger partial charge on any atom is -0.294 e. The van der Waals surface area contributed by atoms with Crippen LogP contribution in [0.4, 0.5) is 17.6 Å². The number of alkyl halides is 3. The van der Waals surface area contributed by atoms with E-state index in [0.717, 1.165) is 10.6 Å². The first-order valence-corrected chi connectivity index (χ1v) is 9.10. The van der Waals surface area contributed by atoms with Gasteiger partial charge in [0.05, 0.1) is 23.8 Å². The van der Waals surface area contributed by atoms with Crippen LogP contribution in [0.25, 0.3) is 21.3 Å². The van der Waals surface area contributed by atoms with Crippen molar-refractivity contribution in [3.63, 3.8) is 0 Å². The molecule has 0 unspecified atom stereocenters. The van der Waals surface area contributed by atoms with E-state index >= 15 is 0 Å². The van der Waals surface area contributed by atoms with E-state index in [0.29, 0.717) is 21.3 Å². The standard InChI is InChI=1S/C20H12F4N2OS/c21-14-7-5-12(6-8-14)15-10-28-18-17(15)19(27)26(11-25-18)9-13-3-1-2-4-16(13)20(22,23)24/h1-8,10-11H,9H2. The summed E-state index contributed by atoms with van der Waals surface area (Å²) in [6, 6.07) is 10.8. The Balaban J connectivity index is 1.83. The Morgan fingerprint density at radius 3 is 2.46 bits per heavy atom. The molecule has 0 radical (unpaired) electrons. The van der Waals surface area contributed by atoms with E-state index in [-0.39, 0.29) is 12.1 Å². The Bertz CT molecular complexity index is 1210. The smallest absolute Gasteiger partial charge is 0.294 e. The fraction of sp³-hybridized carbons (Fsp3) is 0.100. The highest BCUT2D eigenvalue weighted by Gasteiger charge is 2.33. The zero-order valence-electron chi connectivity index (χ0n) is 14.2. The maximum absolute atomic E-state index is 13.2. The molecule has 4 rings (SSSR count). The van der Waals surface area contributed by atoms with E-state index in [2.05, 4.69) is 4.98 Å². The summed E-state index contributed by atoms with van der Waals surface area (Å²) in [7, 11) is 0. The van der Waals surface area contributed by atoms with Crippen molar-refractivity contribution >= 4 is 21.6 Å².